The second-order valence-corrected chi connectivity index (χ2v) is 6.00. The Morgan fingerprint density at radius 3 is 2.58 bits per heavy atom. The molecule has 1 fully saturated rings. The van der Waals surface area contributed by atoms with Crippen molar-refractivity contribution >= 4 is 29.1 Å². The largest absolute Gasteiger partial charge is 0.355 e. The molecule has 0 aromatic heterocycles. The molecule has 0 aliphatic carbocycles. The van der Waals surface area contributed by atoms with Crippen LogP contribution in [0.5, 0.6) is 0 Å². The van der Waals surface area contributed by atoms with Crippen molar-refractivity contribution in [1.29, 1.82) is 0 Å². The number of carbonyl (C=O) groups is 1. The Labute approximate surface area is 122 Å². The average molecular weight is 303 g/mol. The summed E-state index contributed by atoms with van der Waals surface area (Å²) in [6, 6.07) is 9.77. The minimum Gasteiger partial charge on any atom is -0.355 e. The molecule has 2 rings (SSSR count). The highest BCUT2D eigenvalue weighted by Gasteiger charge is 2.24. The number of carbonyl (C=O) groups excluding carboxylic acids is 1. The minimum atomic E-state index is -0.915. The Morgan fingerprint density at radius 1 is 1.32 bits per heavy atom. The van der Waals surface area contributed by atoms with Crippen molar-refractivity contribution in [3.05, 3.63) is 35.9 Å². The fourth-order valence-electron chi connectivity index (χ4n) is 1.74. The van der Waals surface area contributed by atoms with Gasteiger partial charge in [0.1, 0.15) is 0 Å². The Bertz CT molecular complexity index is 424. The summed E-state index contributed by atoms with van der Waals surface area (Å²) in [5.74, 6) is 1.25. The first-order valence-corrected chi connectivity index (χ1v) is 7.62. The predicted molar refractivity (Wildman–Crippen MR) is 79.8 cm³/mol. The van der Waals surface area contributed by atoms with Crippen LogP contribution in [-0.2, 0) is 21.3 Å². The number of nitrogens with one attached hydrogen (secondary N) is 2. The van der Waals surface area contributed by atoms with E-state index in [2.05, 4.69) is 10.6 Å². The number of halogens is 1. The maximum absolute atomic E-state index is 11.8. The standard InChI is InChI=1S/C13H18N2O2S.ClH/c16-13(12-8-14-9-12)15-6-7-18(17)10-11-4-2-1-3-5-11;/h1-5,12,14H,6-10H2,(H,15,16);1H. The van der Waals surface area contributed by atoms with E-state index in [1.165, 1.54) is 0 Å². The predicted octanol–water partition coefficient (Wildman–Crippen LogP) is 0.693. The van der Waals surface area contributed by atoms with E-state index >= 15 is 0 Å². The second-order valence-electron chi connectivity index (χ2n) is 4.42. The van der Waals surface area contributed by atoms with Crippen LogP contribution in [0.15, 0.2) is 30.3 Å². The summed E-state index contributed by atoms with van der Waals surface area (Å²) in [5, 5.41) is 5.88. The molecule has 19 heavy (non-hydrogen) atoms. The lowest BCUT2D eigenvalue weighted by Gasteiger charge is -2.25. The van der Waals surface area contributed by atoms with E-state index in [0.29, 0.717) is 18.1 Å². The quantitative estimate of drug-likeness (QED) is 0.813. The zero-order chi connectivity index (χ0) is 12.8. The number of hydrogen-bond donors (Lipinski definition) is 2. The van der Waals surface area contributed by atoms with Gasteiger partial charge in [0, 0.05) is 41.9 Å². The van der Waals surface area contributed by atoms with Crippen LogP contribution in [0.1, 0.15) is 5.56 Å². The minimum absolute atomic E-state index is 0. The molecule has 4 nitrogen and oxygen atoms in total. The van der Waals surface area contributed by atoms with Gasteiger partial charge in [0.15, 0.2) is 0 Å². The number of amides is 1. The Hall–Kier alpha value is -0.910. The average Bonchev–Trinajstić information content (AvgIpc) is 2.27. The molecule has 106 valence electrons. The molecule has 0 bridgehead atoms. The third-order valence-corrected chi connectivity index (χ3v) is 4.27. The van der Waals surface area contributed by atoms with Crippen LogP contribution in [0.2, 0.25) is 0 Å². The summed E-state index contributed by atoms with van der Waals surface area (Å²) in [6.07, 6.45) is 0. The van der Waals surface area contributed by atoms with E-state index in [1.807, 2.05) is 30.3 Å². The first-order valence-electron chi connectivity index (χ1n) is 6.13. The van der Waals surface area contributed by atoms with Gasteiger partial charge in [-0.05, 0) is 5.56 Å². The summed E-state index contributed by atoms with van der Waals surface area (Å²) in [4.78, 5) is 11.5. The monoisotopic (exact) mass is 302 g/mol. The number of rotatable bonds is 6. The van der Waals surface area contributed by atoms with Crippen LogP contribution in [0, 0.1) is 5.92 Å². The highest BCUT2D eigenvalue weighted by Crippen LogP contribution is 2.03. The normalized spacial score (nSPS) is 16.0. The number of benzene rings is 1. The summed E-state index contributed by atoms with van der Waals surface area (Å²) >= 11 is 0. The lowest BCUT2D eigenvalue weighted by atomic mass is 10.0. The zero-order valence-electron chi connectivity index (χ0n) is 10.6. The van der Waals surface area contributed by atoms with Crippen LogP contribution in [0.25, 0.3) is 0 Å². The van der Waals surface area contributed by atoms with Gasteiger partial charge in [-0.2, -0.15) is 0 Å². The first kappa shape index (κ1) is 16.1. The van der Waals surface area contributed by atoms with Crippen molar-refractivity contribution < 1.29 is 9.00 Å². The molecule has 0 spiro atoms. The van der Waals surface area contributed by atoms with Crippen molar-refractivity contribution in [2.24, 2.45) is 5.92 Å². The van der Waals surface area contributed by atoms with E-state index in [1.54, 1.807) is 0 Å². The Kier molecular flexibility index (Phi) is 7.05. The lowest BCUT2D eigenvalue weighted by molar-refractivity contribution is -0.126. The molecular formula is C13H19ClN2O2S. The fraction of sp³-hybridized carbons (Fsp3) is 0.462. The SMILES string of the molecule is Cl.O=C(NCCS(=O)Cc1ccccc1)C1CNC1. The molecule has 1 amide bonds. The van der Waals surface area contributed by atoms with Crippen molar-refractivity contribution in [2.75, 3.05) is 25.4 Å². The summed E-state index contributed by atoms with van der Waals surface area (Å²) in [7, 11) is -0.915. The van der Waals surface area contributed by atoms with Gasteiger partial charge in [-0.1, -0.05) is 30.3 Å². The van der Waals surface area contributed by atoms with Crippen LogP contribution in [-0.4, -0.2) is 35.5 Å². The smallest absolute Gasteiger partial charge is 0.225 e. The van der Waals surface area contributed by atoms with E-state index in [4.69, 9.17) is 0 Å². The van der Waals surface area contributed by atoms with E-state index in [0.717, 1.165) is 18.7 Å². The van der Waals surface area contributed by atoms with Crippen LogP contribution < -0.4 is 10.6 Å². The molecule has 0 radical (unpaired) electrons. The molecular weight excluding hydrogens is 284 g/mol. The third kappa shape index (κ3) is 5.30. The van der Waals surface area contributed by atoms with Gasteiger partial charge in [-0.15, -0.1) is 12.4 Å². The summed E-state index contributed by atoms with van der Waals surface area (Å²) < 4.78 is 11.8. The number of hydrogen-bond acceptors (Lipinski definition) is 3. The molecule has 1 heterocycles. The summed E-state index contributed by atoms with van der Waals surface area (Å²) in [5.41, 5.74) is 1.07. The van der Waals surface area contributed by atoms with Crippen LogP contribution >= 0.6 is 12.4 Å². The molecule has 1 saturated heterocycles. The third-order valence-electron chi connectivity index (χ3n) is 2.95. The molecule has 1 aromatic carbocycles. The highest BCUT2D eigenvalue weighted by atomic mass is 35.5. The topological polar surface area (TPSA) is 58.2 Å². The van der Waals surface area contributed by atoms with Gasteiger partial charge < -0.3 is 10.6 Å². The molecule has 2 N–H and O–H groups in total. The van der Waals surface area contributed by atoms with Gasteiger partial charge in [-0.3, -0.25) is 9.00 Å². The second kappa shape index (κ2) is 8.30. The van der Waals surface area contributed by atoms with Gasteiger partial charge in [0.2, 0.25) is 5.91 Å². The molecule has 1 aromatic rings. The summed E-state index contributed by atoms with van der Waals surface area (Å²) in [6.45, 7) is 2.02. The van der Waals surface area contributed by atoms with Crippen molar-refractivity contribution in [3.63, 3.8) is 0 Å². The van der Waals surface area contributed by atoms with Crippen LogP contribution in [0.4, 0.5) is 0 Å². The van der Waals surface area contributed by atoms with Gasteiger partial charge in [0.05, 0.1) is 5.92 Å². The lowest BCUT2D eigenvalue weighted by Crippen LogP contribution is -2.51. The molecule has 1 aliphatic rings. The maximum atomic E-state index is 11.8. The van der Waals surface area contributed by atoms with Gasteiger partial charge in [0.25, 0.3) is 0 Å². The van der Waals surface area contributed by atoms with E-state index < -0.39 is 10.8 Å². The van der Waals surface area contributed by atoms with E-state index in [9.17, 15) is 9.00 Å². The molecule has 1 aliphatic heterocycles. The maximum Gasteiger partial charge on any atom is 0.225 e. The van der Waals surface area contributed by atoms with E-state index in [-0.39, 0.29) is 24.2 Å². The highest BCUT2D eigenvalue weighted by molar-refractivity contribution is 7.84. The Morgan fingerprint density at radius 2 is 2.00 bits per heavy atom. The van der Waals surface area contributed by atoms with Crippen molar-refractivity contribution in [2.45, 2.75) is 5.75 Å². The van der Waals surface area contributed by atoms with Gasteiger partial charge >= 0.3 is 0 Å². The molecule has 1 unspecified atom stereocenters. The zero-order valence-corrected chi connectivity index (χ0v) is 12.3. The van der Waals surface area contributed by atoms with Crippen molar-refractivity contribution in [3.8, 4) is 0 Å². The van der Waals surface area contributed by atoms with Gasteiger partial charge in [-0.25, -0.2) is 0 Å². The van der Waals surface area contributed by atoms with Crippen molar-refractivity contribution in [1.82, 2.24) is 10.6 Å². The Balaban J connectivity index is 0.00000180. The molecule has 0 saturated carbocycles. The first-order chi connectivity index (χ1) is 8.75. The fourth-order valence-corrected chi connectivity index (χ4v) is 2.78. The molecule has 1 atom stereocenters. The van der Waals surface area contributed by atoms with Crippen LogP contribution in [0.3, 0.4) is 0 Å². The molecule has 6 heteroatoms.